The molecule has 0 saturated carbocycles. The first-order valence-electron chi connectivity index (χ1n) is 8.08. The lowest BCUT2D eigenvalue weighted by molar-refractivity contribution is 0.102. The molecule has 122 valence electrons. The highest BCUT2D eigenvalue weighted by Gasteiger charge is 2.09. The van der Waals surface area contributed by atoms with Crippen LogP contribution in [0.25, 0.3) is 22.0 Å². The summed E-state index contributed by atoms with van der Waals surface area (Å²) >= 11 is 0. The van der Waals surface area contributed by atoms with Gasteiger partial charge in [0.05, 0.1) is 0 Å². The van der Waals surface area contributed by atoms with Crippen molar-refractivity contribution in [2.45, 2.75) is 0 Å². The maximum atomic E-state index is 12.3. The molecule has 4 nitrogen and oxygen atoms in total. The van der Waals surface area contributed by atoms with Crippen molar-refractivity contribution in [3.05, 3.63) is 84.8 Å². The first-order chi connectivity index (χ1) is 12.2. The largest absolute Gasteiger partial charge is 0.351 e. The van der Waals surface area contributed by atoms with Gasteiger partial charge in [-0.05, 0) is 47.5 Å². The molecule has 1 amide bonds. The van der Waals surface area contributed by atoms with Gasteiger partial charge in [0.15, 0.2) is 0 Å². The molecule has 0 saturated heterocycles. The van der Waals surface area contributed by atoms with E-state index < -0.39 is 0 Å². The van der Waals surface area contributed by atoms with Gasteiger partial charge in [-0.3, -0.25) is 9.78 Å². The van der Waals surface area contributed by atoms with Crippen LogP contribution in [-0.2, 0) is 7.05 Å². The molecular weight excluding hydrogens is 310 g/mol. The number of aryl methyl sites for hydroxylation is 1. The monoisotopic (exact) mass is 327 g/mol. The Labute approximate surface area is 145 Å². The normalized spacial score (nSPS) is 10.8. The SMILES string of the molecule is Cn1ccc2c(-c3cccc(NC(=O)c4ccncc4)c3)cccc21. The van der Waals surface area contributed by atoms with Gasteiger partial charge in [-0.25, -0.2) is 0 Å². The second kappa shape index (κ2) is 6.24. The minimum absolute atomic E-state index is 0.141. The van der Waals surface area contributed by atoms with Gasteiger partial charge in [0.1, 0.15) is 0 Å². The van der Waals surface area contributed by atoms with Crippen LogP contribution in [0.4, 0.5) is 5.69 Å². The zero-order chi connectivity index (χ0) is 17.2. The predicted octanol–water partition coefficient (Wildman–Crippen LogP) is 4.49. The fourth-order valence-electron chi connectivity index (χ4n) is 3.03. The van der Waals surface area contributed by atoms with Crippen molar-refractivity contribution >= 4 is 22.5 Å². The van der Waals surface area contributed by atoms with E-state index in [-0.39, 0.29) is 5.91 Å². The van der Waals surface area contributed by atoms with E-state index >= 15 is 0 Å². The Balaban J connectivity index is 1.69. The summed E-state index contributed by atoms with van der Waals surface area (Å²) in [6.07, 6.45) is 5.28. The molecule has 0 unspecified atom stereocenters. The van der Waals surface area contributed by atoms with Crippen LogP contribution in [0, 0.1) is 0 Å². The number of hydrogen-bond donors (Lipinski definition) is 1. The van der Waals surface area contributed by atoms with Crippen molar-refractivity contribution in [3.8, 4) is 11.1 Å². The summed E-state index contributed by atoms with van der Waals surface area (Å²) in [6.45, 7) is 0. The number of anilines is 1. The molecule has 4 heteroatoms. The molecule has 0 aliphatic rings. The number of hydrogen-bond acceptors (Lipinski definition) is 2. The van der Waals surface area contributed by atoms with Crippen LogP contribution >= 0.6 is 0 Å². The lowest BCUT2D eigenvalue weighted by atomic mass is 10.0. The molecule has 0 aliphatic heterocycles. The molecule has 25 heavy (non-hydrogen) atoms. The average molecular weight is 327 g/mol. The number of carbonyl (C=O) groups is 1. The van der Waals surface area contributed by atoms with Crippen LogP contribution < -0.4 is 5.32 Å². The van der Waals surface area contributed by atoms with Gasteiger partial charge < -0.3 is 9.88 Å². The molecule has 2 heterocycles. The van der Waals surface area contributed by atoms with E-state index in [4.69, 9.17) is 0 Å². The predicted molar refractivity (Wildman–Crippen MR) is 101 cm³/mol. The van der Waals surface area contributed by atoms with Gasteiger partial charge in [0.25, 0.3) is 5.91 Å². The van der Waals surface area contributed by atoms with Crippen molar-refractivity contribution in [1.29, 1.82) is 0 Å². The summed E-state index contributed by atoms with van der Waals surface area (Å²) < 4.78 is 2.11. The number of nitrogens with one attached hydrogen (secondary N) is 1. The zero-order valence-corrected chi connectivity index (χ0v) is 13.8. The smallest absolute Gasteiger partial charge is 0.255 e. The van der Waals surface area contributed by atoms with Crippen LogP contribution in [0.15, 0.2) is 79.3 Å². The molecule has 4 rings (SSSR count). The molecule has 0 aliphatic carbocycles. The second-order valence-corrected chi connectivity index (χ2v) is 5.94. The molecule has 0 fully saturated rings. The van der Waals surface area contributed by atoms with Crippen molar-refractivity contribution in [2.24, 2.45) is 7.05 Å². The topological polar surface area (TPSA) is 46.9 Å². The first kappa shape index (κ1) is 15.1. The highest BCUT2D eigenvalue weighted by atomic mass is 16.1. The average Bonchev–Trinajstić information content (AvgIpc) is 3.04. The number of benzene rings is 2. The van der Waals surface area contributed by atoms with Crippen molar-refractivity contribution < 1.29 is 4.79 Å². The number of carbonyl (C=O) groups excluding carboxylic acids is 1. The Morgan fingerprint density at radius 2 is 1.80 bits per heavy atom. The quantitative estimate of drug-likeness (QED) is 0.602. The maximum Gasteiger partial charge on any atom is 0.255 e. The molecule has 1 N–H and O–H groups in total. The van der Waals surface area contributed by atoms with E-state index in [0.717, 1.165) is 16.8 Å². The number of aromatic nitrogens is 2. The van der Waals surface area contributed by atoms with E-state index in [9.17, 15) is 4.79 Å². The fourth-order valence-corrected chi connectivity index (χ4v) is 3.03. The standard InChI is InChI=1S/C21H17N3O/c1-24-13-10-19-18(6-3-7-20(19)24)16-4-2-5-17(14-16)23-21(25)15-8-11-22-12-9-15/h2-14H,1H3,(H,23,25). The Morgan fingerprint density at radius 3 is 2.64 bits per heavy atom. The van der Waals surface area contributed by atoms with Gasteiger partial charge in [0, 0.05) is 47.8 Å². The van der Waals surface area contributed by atoms with Gasteiger partial charge >= 0.3 is 0 Å². The number of nitrogens with zero attached hydrogens (tertiary/aromatic N) is 2. The van der Waals surface area contributed by atoms with Gasteiger partial charge in [0.2, 0.25) is 0 Å². The Kier molecular flexibility index (Phi) is 3.78. The Morgan fingerprint density at radius 1 is 1.00 bits per heavy atom. The van der Waals surface area contributed by atoms with Crippen LogP contribution in [0.5, 0.6) is 0 Å². The molecule has 4 aromatic rings. The van der Waals surface area contributed by atoms with Gasteiger partial charge in [-0.15, -0.1) is 0 Å². The molecule has 2 aromatic carbocycles. The van der Waals surface area contributed by atoms with E-state index in [0.29, 0.717) is 5.56 Å². The first-order valence-corrected chi connectivity index (χ1v) is 8.08. The summed E-state index contributed by atoms with van der Waals surface area (Å²) in [7, 11) is 2.04. The molecule has 0 bridgehead atoms. The Hall–Kier alpha value is -3.40. The molecule has 0 spiro atoms. The van der Waals surface area contributed by atoms with E-state index in [1.54, 1.807) is 24.5 Å². The zero-order valence-electron chi connectivity index (χ0n) is 13.8. The number of amides is 1. The molecule has 2 aromatic heterocycles. The second-order valence-electron chi connectivity index (χ2n) is 5.94. The minimum Gasteiger partial charge on any atom is -0.351 e. The van der Waals surface area contributed by atoms with Crippen molar-refractivity contribution in [1.82, 2.24) is 9.55 Å². The highest BCUT2D eigenvalue weighted by molar-refractivity contribution is 6.04. The van der Waals surface area contributed by atoms with Gasteiger partial charge in [-0.2, -0.15) is 0 Å². The third-order valence-corrected chi connectivity index (χ3v) is 4.30. The summed E-state index contributed by atoms with van der Waals surface area (Å²) in [6, 6.07) is 19.7. The Bertz CT molecular complexity index is 1050. The fraction of sp³-hybridized carbons (Fsp3) is 0.0476. The summed E-state index contributed by atoms with van der Waals surface area (Å²) in [5.41, 5.74) is 4.77. The maximum absolute atomic E-state index is 12.3. The van der Waals surface area contributed by atoms with Crippen molar-refractivity contribution in [3.63, 3.8) is 0 Å². The highest BCUT2D eigenvalue weighted by Crippen LogP contribution is 2.30. The van der Waals surface area contributed by atoms with Crippen LogP contribution in [-0.4, -0.2) is 15.5 Å². The summed E-state index contributed by atoms with van der Waals surface area (Å²) in [4.78, 5) is 16.3. The number of pyridine rings is 1. The van der Waals surface area contributed by atoms with Crippen LogP contribution in [0.3, 0.4) is 0 Å². The van der Waals surface area contributed by atoms with Crippen molar-refractivity contribution in [2.75, 3.05) is 5.32 Å². The number of rotatable bonds is 3. The summed E-state index contributed by atoms with van der Waals surface area (Å²) in [5, 5.41) is 4.15. The lowest BCUT2D eigenvalue weighted by Gasteiger charge is -2.09. The molecule has 0 atom stereocenters. The molecule has 0 radical (unpaired) electrons. The van der Waals surface area contributed by atoms with Crippen LogP contribution in [0.1, 0.15) is 10.4 Å². The third-order valence-electron chi connectivity index (χ3n) is 4.30. The summed E-state index contributed by atoms with van der Waals surface area (Å²) in [5.74, 6) is -0.141. The molecular formula is C21H17N3O. The lowest BCUT2D eigenvalue weighted by Crippen LogP contribution is -2.11. The van der Waals surface area contributed by atoms with Crippen LogP contribution in [0.2, 0.25) is 0 Å². The van der Waals surface area contributed by atoms with E-state index in [2.05, 4.69) is 51.4 Å². The minimum atomic E-state index is -0.141. The van der Waals surface area contributed by atoms with Gasteiger partial charge in [-0.1, -0.05) is 24.3 Å². The number of fused-ring (bicyclic) bond motifs is 1. The third kappa shape index (κ3) is 2.90. The van der Waals surface area contributed by atoms with E-state index in [1.807, 2.05) is 25.2 Å². The van der Waals surface area contributed by atoms with E-state index in [1.165, 1.54) is 10.9 Å².